The standard InChI is InChI=1S/C14H17N3O2/c1-4-9-5-6-11-10(7-9)12(14(19)15-11)16-17-13(18)8(2)3/h5-8,15,19H,4H2,1-3H3. The maximum atomic E-state index is 11.5. The molecule has 0 saturated heterocycles. The molecular weight excluding hydrogens is 242 g/mol. The van der Waals surface area contributed by atoms with E-state index in [-0.39, 0.29) is 17.7 Å². The monoisotopic (exact) mass is 259 g/mol. The Bertz CT molecular complexity index is 641. The van der Waals surface area contributed by atoms with E-state index in [9.17, 15) is 9.90 Å². The third kappa shape index (κ3) is 2.65. The lowest BCUT2D eigenvalue weighted by atomic mass is 10.1. The van der Waals surface area contributed by atoms with Gasteiger partial charge in [0.25, 0.3) is 5.91 Å². The van der Waals surface area contributed by atoms with Crippen LogP contribution in [0, 0.1) is 5.92 Å². The largest absolute Gasteiger partial charge is 0.493 e. The van der Waals surface area contributed by atoms with Crippen LogP contribution in [0.2, 0.25) is 0 Å². The van der Waals surface area contributed by atoms with Crippen molar-refractivity contribution in [3.8, 4) is 5.88 Å². The number of carbonyl (C=O) groups is 1. The highest BCUT2D eigenvalue weighted by Crippen LogP contribution is 2.36. The van der Waals surface area contributed by atoms with Gasteiger partial charge < -0.3 is 10.1 Å². The molecule has 1 amide bonds. The summed E-state index contributed by atoms with van der Waals surface area (Å²) in [4.78, 5) is 14.3. The van der Waals surface area contributed by atoms with Crippen molar-refractivity contribution >= 4 is 22.5 Å². The van der Waals surface area contributed by atoms with Crippen LogP contribution in [-0.4, -0.2) is 16.0 Å². The van der Waals surface area contributed by atoms with Crippen molar-refractivity contribution in [1.82, 2.24) is 4.98 Å². The van der Waals surface area contributed by atoms with Crippen LogP contribution in [0.4, 0.5) is 5.69 Å². The average molecular weight is 259 g/mol. The number of aromatic amines is 1. The Morgan fingerprint density at radius 2 is 2.16 bits per heavy atom. The predicted octanol–water partition coefficient (Wildman–Crippen LogP) is 3.70. The van der Waals surface area contributed by atoms with Crippen molar-refractivity contribution in [2.75, 3.05) is 0 Å². The minimum Gasteiger partial charge on any atom is -0.493 e. The molecule has 0 unspecified atom stereocenters. The van der Waals surface area contributed by atoms with Gasteiger partial charge >= 0.3 is 0 Å². The summed E-state index contributed by atoms with van der Waals surface area (Å²) in [5.41, 5.74) is 2.23. The van der Waals surface area contributed by atoms with E-state index in [1.807, 2.05) is 18.2 Å². The number of aromatic hydroxyl groups is 1. The highest BCUT2D eigenvalue weighted by molar-refractivity contribution is 5.94. The number of fused-ring (bicyclic) bond motifs is 1. The highest BCUT2D eigenvalue weighted by atomic mass is 16.3. The van der Waals surface area contributed by atoms with Crippen LogP contribution >= 0.6 is 0 Å². The number of carbonyl (C=O) groups excluding carboxylic acids is 1. The highest BCUT2D eigenvalue weighted by Gasteiger charge is 2.12. The number of nitrogens with zero attached hydrogens (tertiary/aromatic N) is 2. The summed E-state index contributed by atoms with van der Waals surface area (Å²) in [7, 11) is 0. The van der Waals surface area contributed by atoms with Crippen molar-refractivity contribution in [3.63, 3.8) is 0 Å². The second-order valence-corrected chi connectivity index (χ2v) is 4.75. The zero-order valence-electron chi connectivity index (χ0n) is 11.3. The topological polar surface area (TPSA) is 77.8 Å². The van der Waals surface area contributed by atoms with Gasteiger partial charge in [0.1, 0.15) is 0 Å². The Balaban J connectivity index is 2.47. The molecule has 0 atom stereocenters. The van der Waals surface area contributed by atoms with Crippen LogP contribution in [0.3, 0.4) is 0 Å². The number of nitrogens with one attached hydrogen (secondary N) is 1. The Morgan fingerprint density at radius 3 is 2.79 bits per heavy atom. The van der Waals surface area contributed by atoms with Crippen LogP contribution in [-0.2, 0) is 11.2 Å². The third-order valence-electron chi connectivity index (χ3n) is 2.97. The van der Waals surface area contributed by atoms with Gasteiger partial charge in [-0.1, -0.05) is 26.8 Å². The second-order valence-electron chi connectivity index (χ2n) is 4.75. The van der Waals surface area contributed by atoms with Gasteiger partial charge in [-0.05, 0) is 24.1 Å². The van der Waals surface area contributed by atoms with Crippen molar-refractivity contribution in [2.45, 2.75) is 27.2 Å². The van der Waals surface area contributed by atoms with Gasteiger partial charge in [0.2, 0.25) is 5.88 Å². The summed E-state index contributed by atoms with van der Waals surface area (Å²) in [6, 6.07) is 5.81. The molecule has 0 bridgehead atoms. The lowest BCUT2D eigenvalue weighted by Crippen LogP contribution is -2.01. The zero-order valence-corrected chi connectivity index (χ0v) is 11.3. The molecule has 0 aliphatic rings. The van der Waals surface area contributed by atoms with Crippen molar-refractivity contribution in [2.24, 2.45) is 16.1 Å². The van der Waals surface area contributed by atoms with Crippen molar-refractivity contribution in [1.29, 1.82) is 0 Å². The van der Waals surface area contributed by atoms with Crippen LogP contribution < -0.4 is 0 Å². The molecule has 1 heterocycles. The van der Waals surface area contributed by atoms with Gasteiger partial charge in [0, 0.05) is 11.3 Å². The van der Waals surface area contributed by atoms with E-state index in [0.717, 1.165) is 22.9 Å². The fourth-order valence-electron chi connectivity index (χ4n) is 1.75. The summed E-state index contributed by atoms with van der Waals surface area (Å²) in [5, 5.41) is 18.1. The summed E-state index contributed by atoms with van der Waals surface area (Å²) in [6.45, 7) is 5.56. The molecule has 100 valence electrons. The Morgan fingerprint density at radius 1 is 1.42 bits per heavy atom. The summed E-state index contributed by atoms with van der Waals surface area (Å²) in [6.07, 6.45) is 0.892. The Hall–Kier alpha value is -2.17. The molecule has 0 saturated carbocycles. The number of azo groups is 1. The van der Waals surface area contributed by atoms with E-state index >= 15 is 0 Å². The molecular formula is C14H17N3O2. The molecule has 0 spiro atoms. The number of aryl methyl sites for hydroxylation is 1. The predicted molar refractivity (Wildman–Crippen MR) is 73.7 cm³/mol. The molecule has 0 radical (unpaired) electrons. The first-order valence-corrected chi connectivity index (χ1v) is 6.32. The zero-order chi connectivity index (χ0) is 14.0. The van der Waals surface area contributed by atoms with Gasteiger partial charge in [-0.2, -0.15) is 0 Å². The molecule has 1 aromatic heterocycles. The molecule has 0 aliphatic carbocycles. The first kappa shape index (κ1) is 13.3. The van der Waals surface area contributed by atoms with E-state index in [4.69, 9.17) is 0 Å². The van der Waals surface area contributed by atoms with E-state index in [1.165, 1.54) is 0 Å². The minimum atomic E-state index is -0.305. The first-order chi connectivity index (χ1) is 9.02. The van der Waals surface area contributed by atoms with Gasteiger partial charge in [-0.3, -0.25) is 4.79 Å². The molecule has 0 fully saturated rings. The quantitative estimate of drug-likeness (QED) is 0.824. The summed E-state index contributed by atoms with van der Waals surface area (Å²) < 4.78 is 0. The van der Waals surface area contributed by atoms with E-state index < -0.39 is 0 Å². The van der Waals surface area contributed by atoms with Crippen LogP contribution in [0.25, 0.3) is 10.9 Å². The van der Waals surface area contributed by atoms with Crippen LogP contribution in [0.15, 0.2) is 28.4 Å². The normalized spacial score (nSPS) is 11.8. The van der Waals surface area contributed by atoms with Crippen LogP contribution in [0.1, 0.15) is 26.3 Å². The van der Waals surface area contributed by atoms with E-state index in [1.54, 1.807) is 13.8 Å². The van der Waals surface area contributed by atoms with Gasteiger partial charge in [0.05, 0.1) is 5.52 Å². The Kier molecular flexibility index (Phi) is 3.64. The maximum absolute atomic E-state index is 11.5. The molecule has 0 aliphatic heterocycles. The molecule has 19 heavy (non-hydrogen) atoms. The van der Waals surface area contributed by atoms with E-state index in [2.05, 4.69) is 22.1 Å². The first-order valence-electron chi connectivity index (χ1n) is 6.32. The fraction of sp³-hybridized carbons (Fsp3) is 0.357. The third-order valence-corrected chi connectivity index (χ3v) is 2.97. The van der Waals surface area contributed by atoms with Gasteiger partial charge in [-0.15, -0.1) is 10.2 Å². The molecule has 5 nitrogen and oxygen atoms in total. The number of rotatable bonds is 3. The van der Waals surface area contributed by atoms with Gasteiger partial charge in [-0.25, -0.2) is 0 Å². The molecule has 2 aromatic rings. The van der Waals surface area contributed by atoms with E-state index in [0.29, 0.717) is 5.69 Å². The lowest BCUT2D eigenvalue weighted by molar-refractivity contribution is -0.121. The number of aromatic nitrogens is 1. The summed E-state index contributed by atoms with van der Waals surface area (Å²) >= 11 is 0. The number of hydrogen-bond acceptors (Lipinski definition) is 3. The van der Waals surface area contributed by atoms with Crippen molar-refractivity contribution in [3.05, 3.63) is 23.8 Å². The minimum absolute atomic E-state index is 0.0661. The fourth-order valence-corrected chi connectivity index (χ4v) is 1.75. The number of hydrogen-bond donors (Lipinski definition) is 2. The number of H-pyrrole nitrogens is 1. The molecule has 2 rings (SSSR count). The lowest BCUT2D eigenvalue weighted by Gasteiger charge is -1.97. The number of amides is 1. The molecule has 1 aromatic carbocycles. The second kappa shape index (κ2) is 5.22. The average Bonchev–Trinajstić information content (AvgIpc) is 2.70. The van der Waals surface area contributed by atoms with Crippen LogP contribution in [0.5, 0.6) is 5.88 Å². The van der Waals surface area contributed by atoms with Gasteiger partial charge in [0.15, 0.2) is 5.69 Å². The van der Waals surface area contributed by atoms with Crippen molar-refractivity contribution < 1.29 is 9.90 Å². The maximum Gasteiger partial charge on any atom is 0.267 e. The smallest absolute Gasteiger partial charge is 0.267 e. The molecule has 2 N–H and O–H groups in total. The summed E-state index contributed by atoms with van der Waals surface area (Å²) in [5.74, 6) is -0.578. The molecule has 5 heteroatoms. The Labute approximate surface area is 111 Å². The number of benzene rings is 1. The SMILES string of the molecule is CCc1ccc2[nH]c(O)c(N=NC(=O)C(C)C)c2c1.